The lowest BCUT2D eigenvalue weighted by atomic mass is 9.76. The van der Waals surface area contributed by atoms with Crippen LogP contribution in [0.3, 0.4) is 0 Å². The molecule has 1 aliphatic heterocycles. The van der Waals surface area contributed by atoms with Gasteiger partial charge in [-0.25, -0.2) is 13.8 Å². The molecule has 32 heavy (non-hydrogen) atoms. The van der Waals surface area contributed by atoms with Gasteiger partial charge in [-0.05, 0) is 56.9 Å². The van der Waals surface area contributed by atoms with E-state index in [0.29, 0.717) is 11.3 Å². The molecule has 4 rings (SSSR count). The van der Waals surface area contributed by atoms with Crippen LogP contribution in [0.5, 0.6) is 0 Å². The summed E-state index contributed by atoms with van der Waals surface area (Å²) in [6.45, 7) is 7.81. The van der Waals surface area contributed by atoms with Gasteiger partial charge in [0.25, 0.3) is 5.56 Å². The molecule has 1 saturated heterocycles. The zero-order chi connectivity index (χ0) is 23.6. The molecule has 0 amide bonds. The molecule has 1 aromatic heterocycles. The predicted molar refractivity (Wildman–Crippen MR) is 150 cm³/mol. The van der Waals surface area contributed by atoms with Crippen molar-refractivity contribution in [2.45, 2.75) is 38.3 Å². The van der Waals surface area contributed by atoms with Gasteiger partial charge in [-0.2, -0.15) is 0 Å². The first kappa shape index (κ1) is 24.6. The van der Waals surface area contributed by atoms with E-state index in [9.17, 15) is 14.0 Å². The topological polar surface area (TPSA) is 73.3 Å². The van der Waals surface area contributed by atoms with Crippen molar-refractivity contribution in [2.24, 2.45) is 0 Å². The van der Waals surface area contributed by atoms with Crippen LogP contribution in [-0.4, -0.2) is 27.3 Å². The highest BCUT2D eigenvalue weighted by atomic mass is 127. The van der Waals surface area contributed by atoms with Crippen molar-refractivity contribution in [2.75, 3.05) is 0 Å². The van der Waals surface area contributed by atoms with Gasteiger partial charge in [-0.15, -0.1) is 0 Å². The first-order valence-electron chi connectivity index (χ1n) is 9.74. The smallest absolute Gasteiger partial charge is 0.399 e. The summed E-state index contributed by atoms with van der Waals surface area (Å²) in [5.41, 5.74) is -0.842. The van der Waals surface area contributed by atoms with Gasteiger partial charge in [0.15, 0.2) is -0.565 Å². The van der Waals surface area contributed by atoms with Crippen LogP contribution in [0, 0.1) is 12.7 Å². The van der Waals surface area contributed by atoms with Gasteiger partial charge in [0.1, 0.15) is 11.4 Å². The fraction of sp³-hybridized carbons (Fsp3) is 0.333. The van der Waals surface area contributed by atoms with Crippen molar-refractivity contribution in [1.29, 1.82) is 0 Å². The van der Waals surface area contributed by atoms with Crippen molar-refractivity contribution in [3.05, 3.63) is 68.6 Å². The van der Waals surface area contributed by atoms with E-state index >= 15 is 0 Å². The number of aromatic nitrogens is 2. The number of para-hydroxylation sites is 1. The van der Waals surface area contributed by atoms with E-state index in [4.69, 9.17) is 9.31 Å². The maximum Gasteiger partial charge on any atom is 0.495 e. The number of hydrogen-bond acceptors (Lipinski definition) is 4. The van der Waals surface area contributed by atoms with Gasteiger partial charge in [0.05, 0.1) is 22.2 Å². The number of aromatic amines is 1. The number of nitrogens with one attached hydrogen (secondary N) is 1. The first-order chi connectivity index (χ1) is 14.8. The Bertz CT molecular complexity index is 1350. The van der Waals surface area contributed by atoms with Crippen LogP contribution < -0.4 is 16.7 Å². The molecule has 1 aliphatic rings. The maximum atomic E-state index is 14.1. The zero-order valence-corrected chi connectivity index (χ0v) is 24.1. The second kappa shape index (κ2) is 8.31. The van der Waals surface area contributed by atoms with Crippen molar-refractivity contribution >= 4 is 91.3 Å². The molecular weight excluding hydrogens is 755 g/mol. The third-order valence-electron chi connectivity index (χ3n) is 6.16. The Hall–Kier alpha value is -0.515. The van der Waals surface area contributed by atoms with Crippen molar-refractivity contribution in [1.82, 2.24) is 9.55 Å². The Balaban J connectivity index is 1.87. The minimum absolute atomic E-state index is 0.0981. The highest BCUT2D eigenvalue weighted by Gasteiger charge is 2.62. The number of hydrogen-bond donors (Lipinski definition) is 1. The third kappa shape index (κ3) is 3.79. The van der Waals surface area contributed by atoms with Crippen molar-refractivity contribution in [3.63, 3.8) is 0 Å². The molecule has 11 heteroatoms. The van der Waals surface area contributed by atoms with E-state index in [1.165, 1.54) is 18.2 Å². The normalized spacial score (nSPS) is 20.8. The summed E-state index contributed by atoms with van der Waals surface area (Å²) in [4.78, 5) is 28.4. The number of alkyl halides is 3. The van der Waals surface area contributed by atoms with E-state index in [0.717, 1.165) is 10.0 Å². The van der Waals surface area contributed by atoms with Crippen molar-refractivity contribution in [3.8, 4) is 5.69 Å². The molecule has 168 valence electrons. The minimum atomic E-state index is -0.711. The highest BCUT2D eigenvalue weighted by Crippen LogP contribution is 2.56. The molecule has 1 unspecified atom stereocenters. The van der Waals surface area contributed by atoms with Crippen LogP contribution in [0.1, 0.15) is 26.3 Å². The quantitative estimate of drug-likeness (QED) is 0.244. The van der Waals surface area contributed by atoms with Gasteiger partial charge in [0, 0.05) is 0 Å². The number of fused-ring (bicyclic) bond motifs is 1. The van der Waals surface area contributed by atoms with Crippen LogP contribution in [0.25, 0.3) is 16.6 Å². The largest absolute Gasteiger partial charge is 0.495 e. The molecule has 0 saturated carbocycles. The number of halogens is 4. The molecule has 0 radical (unpaired) electrons. The van der Waals surface area contributed by atoms with E-state index in [1.54, 1.807) is 12.1 Å². The molecule has 2 heterocycles. The van der Waals surface area contributed by atoms with Gasteiger partial charge in [-0.3, -0.25) is 4.79 Å². The van der Waals surface area contributed by atoms with Crippen LogP contribution in [-0.2, 0) is 9.31 Å². The van der Waals surface area contributed by atoms with Gasteiger partial charge < -0.3 is 14.3 Å². The van der Waals surface area contributed by atoms with Gasteiger partial charge >= 0.3 is 12.8 Å². The fourth-order valence-electron chi connectivity index (χ4n) is 3.86. The average Bonchev–Trinajstić information content (AvgIpc) is 2.94. The van der Waals surface area contributed by atoms with Crippen LogP contribution >= 0.6 is 67.8 Å². The fourth-order valence-corrected chi connectivity index (χ4v) is 6.19. The second-order valence-electron chi connectivity index (χ2n) is 8.33. The number of benzene rings is 2. The highest BCUT2D eigenvalue weighted by molar-refractivity contribution is 14.3. The second-order valence-corrected chi connectivity index (χ2v) is 19.4. The summed E-state index contributed by atoms with van der Waals surface area (Å²) in [6, 6.07) is 9.43. The Morgan fingerprint density at radius 3 is 2.34 bits per heavy atom. The molecule has 0 spiro atoms. The van der Waals surface area contributed by atoms with E-state index < -0.39 is 35.4 Å². The standard InChI is InChI=1S/C21H19BFI3N2O4/c1-11-13(22-31-19(2,3)20(4,32-22)21(24,25)26)8-6-10-15(11)28-17(29)12-7-5-9-14(23)16(12)27-18(28)30/h5-10H,1-4H3,(H,27,30). The third-order valence-corrected chi connectivity index (χ3v) is 9.25. The predicted octanol–water partition coefficient (Wildman–Crippen LogP) is 4.36. The molecule has 0 aliphatic carbocycles. The molecule has 1 atom stereocenters. The number of H-pyrrole nitrogens is 1. The Kier molecular flexibility index (Phi) is 6.39. The summed E-state index contributed by atoms with van der Waals surface area (Å²) >= 11 is 7.02. The number of nitrogens with zero attached hydrogens (tertiary/aromatic N) is 1. The van der Waals surface area contributed by atoms with Crippen LogP contribution in [0.2, 0.25) is 0 Å². The Labute approximate surface area is 225 Å². The molecule has 1 fully saturated rings. The van der Waals surface area contributed by atoms with Gasteiger partial charge in [-0.1, -0.05) is 86.0 Å². The summed E-state index contributed by atoms with van der Waals surface area (Å²) in [5, 5.41) is 0.0981. The Morgan fingerprint density at radius 1 is 1.06 bits per heavy atom. The van der Waals surface area contributed by atoms with E-state index in [1.807, 2.05) is 33.8 Å². The summed E-state index contributed by atoms with van der Waals surface area (Å²) in [6.07, 6.45) is 0. The molecule has 1 N–H and O–H groups in total. The van der Waals surface area contributed by atoms with Crippen LogP contribution in [0.4, 0.5) is 4.39 Å². The molecule has 6 nitrogen and oxygen atoms in total. The monoisotopic (exact) mass is 774 g/mol. The number of rotatable bonds is 3. The SMILES string of the molecule is Cc1c(B2OC(C)(C)C(C)(C(I)(I)I)O2)cccc1-n1c(=O)[nH]c2c(F)cccc2c1=O. The van der Waals surface area contributed by atoms with Crippen molar-refractivity contribution < 1.29 is 13.7 Å². The lowest BCUT2D eigenvalue weighted by Crippen LogP contribution is -2.53. The summed E-state index contributed by atoms with van der Waals surface area (Å²) < 4.78 is 27.7. The molecule has 3 aromatic rings. The van der Waals surface area contributed by atoms with Crippen LogP contribution in [0.15, 0.2) is 46.0 Å². The first-order valence-corrected chi connectivity index (χ1v) is 13.0. The Morgan fingerprint density at radius 2 is 1.72 bits per heavy atom. The van der Waals surface area contributed by atoms with Gasteiger partial charge in [0.2, 0.25) is 0 Å². The lowest BCUT2D eigenvalue weighted by molar-refractivity contribution is 0.00631. The summed E-state index contributed by atoms with van der Waals surface area (Å²) in [7, 11) is -0.679. The van der Waals surface area contributed by atoms with E-state index in [-0.39, 0.29) is 10.3 Å². The minimum Gasteiger partial charge on any atom is -0.399 e. The molecule has 2 aromatic carbocycles. The summed E-state index contributed by atoms with van der Waals surface area (Å²) in [5.74, 6) is -0.650. The molecule has 0 bridgehead atoms. The van der Waals surface area contributed by atoms with E-state index in [2.05, 4.69) is 72.8 Å². The lowest BCUT2D eigenvalue weighted by Gasteiger charge is -2.42. The zero-order valence-electron chi connectivity index (χ0n) is 17.6. The maximum absolute atomic E-state index is 14.1. The average molecular weight is 774 g/mol. The molecular formula is C21H19BFI3N2O4.